The SMILES string of the molecule is COC(Cn1c(Cc2ccc(F)cc2)nnc1N1CC(C)C(C)C1)C1CC1. The molecule has 2 aliphatic rings. The molecule has 27 heavy (non-hydrogen) atoms. The second kappa shape index (κ2) is 7.58. The van der Waals surface area contributed by atoms with E-state index < -0.39 is 0 Å². The molecule has 6 heteroatoms. The number of benzene rings is 1. The third kappa shape index (κ3) is 4.00. The van der Waals surface area contributed by atoms with E-state index in [-0.39, 0.29) is 11.9 Å². The van der Waals surface area contributed by atoms with E-state index in [1.807, 2.05) is 12.1 Å². The average molecular weight is 372 g/mol. The molecule has 1 saturated heterocycles. The van der Waals surface area contributed by atoms with E-state index in [4.69, 9.17) is 4.74 Å². The highest BCUT2D eigenvalue weighted by Gasteiger charge is 2.35. The first-order valence-electron chi connectivity index (χ1n) is 9.99. The van der Waals surface area contributed by atoms with Crippen molar-refractivity contribution in [2.45, 2.75) is 45.8 Å². The van der Waals surface area contributed by atoms with Crippen LogP contribution in [0.2, 0.25) is 0 Å². The monoisotopic (exact) mass is 372 g/mol. The van der Waals surface area contributed by atoms with E-state index >= 15 is 0 Å². The van der Waals surface area contributed by atoms with Crippen LogP contribution in [0.5, 0.6) is 0 Å². The molecule has 2 aromatic rings. The Kier molecular flexibility index (Phi) is 5.17. The maximum Gasteiger partial charge on any atom is 0.227 e. The highest BCUT2D eigenvalue weighted by Crippen LogP contribution is 2.36. The number of aromatic nitrogens is 3. The molecule has 0 radical (unpaired) electrons. The summed E-state index contributed by atoms with van der Waals surface area (Å²) in [6, 6.07) is 6.65. The second-order valence-electron chi connectivity index (χ2n) is 8.30. The van der Waals surface area contributed by atoms with E-state index in [1.165, 1.54) is 25.0 Å². The van der Waals surface area contributed by atoms with Crippen molar-refractivity contribution in [3.8, 4) is 0 Å². The van der Waals surface area contributed by atoms with Gasteiger partial charge in [-0.15, -0.1) is 10.2 Å². The van der Waals surface area contributed by atoms with Gasteiger partial charge in [0.15, 0.2) is 0 Å². The van der Waals surface area contributed by atoms with Crippen LogP contribution in [-0.2, 0) is 17.7 Å². The first-order valence-corrected chi connectivity index (χ1v) is 9.99. The molecule has 4 rings (SSSR count). The van der Waals surface area contributed by atoms with Crippen LogP contribution < -0.4 is 4.90 Å². The lowest BCUT2D eigenvalue weighted by molar-refractivity contribution is 0.0695. The Balaban J connectivity index is 1.62. The molecule has 1 aliphatic carbocycles. The minimum Gasteiger partial charge on any atom is -0.379 e. The van der Waals surface area contributed by atoms with Crippen molar-refractivity contribution in [3.05, 3.63) is 41.5 Å². The summed E-state index contributed by atoms with van der Waals surface area (Å²) in [6.45, 7) is 7.40. The Labute approximate surface area is 160 Å². The van der Waals surface area contributed by atoms with Crippen molar-refractivity contribution in [1.82, 2.24) is 14.8 Å². The van der Waals surface area contributed by atoms with Gasteiger partial charge in [0.25, 0.3) is 0 Å². The summed E-state index contributed by atoms with van der Waals surface area (Å²) in [4.78, 5) is 2.36. The minimum atomic E-state index is -0.214. The van der Waals surface area contributed by atoms with Crippen LogP contribution in [0.25, 0.3) is 0 Å². The number of hydrogen-bond donors (Lipinski definition) is 0. The molecule has 1 aromatic heterocycles. The Hall–Kier alpha value is -1.95. The zero-order chi connectivity index (χ0) is 19.0. The van der Waals surface area contributed by atoms with E-state index in [9.17, 15) is 4.39 Å². The van der Waals surface area contributed by atoms with Crippen molar-refractivity contribution in [2.75, 3.05) is 25.1 Å². The van der Waals surface area contributed by atoms with E-state index in [1.54, 1.807) is 7.11 Å². The maximum absolute atomic E-state index is 13.2. The Morgan fingerprint density at radius 3 is 2.37 bits per heavy atom. The molecule has 146 valence electrons. The summed E-state index contributed by atoms with van der Waals surface area (Å²) in [5.41, 5.74) is 1.04. The van der Waals surface area contributed by atoms with Crippen LogP contribution in [-0.4, -0.2) is 41.1 Å². The zero-order valence-electron chi connectivity index (χ0n) is 16.4. The van der Waals surface area contributed by atoms with Gasteiger partial charge in [-0.2, -0.15) is 0 Å². The number of rotatable bonds is 7. The fraction of sp³-hybridized carbons (Fsp3) is 0.619. The molecule has 0 amide bonds. The summed E-state index contributed by atoms with van der Waals surface area (Å²) >= 11 is 0. The standard InChI is InChI=1S/C21H29FN4O/c1-14-11-25(12-15(14)2)21-24-23-20(10-16-4-8-18(22)9-5-16)26(21)13-19(27-3)17-6-7-17/h4-5,8-9,14-15,17,19H,6-7,10-13H2,1-3H3. The Morgan fingerprint density at radius 1 is 1.11 bits per heavy atom. The summed E-state index contributed by atoms with van der Waals surface area (Å²) in [6.07, 6.45) is 3.32. The van der Waals surface area contributed by atoms with Gasteiger partial charge in [0, 0.05) is 26.6 Å². The lowest BCUT2D eigenvalue weighted by Crippen LogP contribution is -2.28. The number of hydrogen-bond acceptors (Lipinski definition) is 4. The van der Waals surface area contributed by atoms with E-state index in [0.29, 0.717) is 24.2 Å². The van der Waals surface area contributed by atoms with Crippen LogP contribution in [0.3, 0.4) is 0 Å². The number of methoxy groups -OCH3 is 1. The molecule has 1 saturated carbocycles. The van der Waals surface area contributed by atoms with Crippen LogP contribution in [0.1, 0.15) is 38.1 Å². The molecular weight excluding hydrogens is 343 g/mol. The van der Waals surface area contributed by atoms with Gasteiger partial charge in [0.05, 0.1) is 12.6 Å². The molecule has 2 fully saturated rings. The molecular formula is C21H29FN4O. The Morgan fingerprint density at radius 2 is 1.78 bits per heavy atom. The van der Waals surface area contributed by atoms with Gasteiger partial charge in [-0.25, -0.2) is 4.39 Å². The second-order valence-corrected chi connectivity index (χ2v) is 8.30. The van der Waals surface area contributed by atoms with Crippen molar-refractivity contribution < 1.29 is 9.13 Å². The van der Waals surface area contributed by atoms with Crippen LogP contribution in [0, 0.1) is 23.6 Å². The predicted molar refractivity (Wildman–Crippen MR) is 103 cm³/mol. The van der Waals surface area contributed by atoms with Gasteiger partial charge in [0.2, 0.25) is 5.95 Å². The van der Waals surface area contributed by atoms with Gasteiger partial charge >= 0.3 is 0 Å². The number of anilines is 1. The van der Waals surface area contributed by atoms with Crippen molar-refractivity contribution >= 4 is 5.95 Å². The predicted octanol–water partition coefficient (Wildman–Crippen LogP) is 3.53. The van der Waals surface area contributed by atoms with Gasteiger partial charge < -0.3 is 9.64 Å². The fourth-order valence-electron chi connectivity index (χ4n) is 4.02. The average Bonchev–Trinajstić information content (AvgIpc) is 3.35. The Bertz CT molecular complexity index is 761. The molecule has 3 unspecified atom stereocenters. The van der Waals surface area contributed by atoms with Crippen molar-refractivity contribution in [1.29, 1.82) is 0 Å². The summed E-state index contributed by atoms with van der Waals surface area (Å²) < 4.78 is 21.3. The van der Waals surface area contributed by atoms with E-state index in [2.05, 4.69) is 33.5 Å². The van der Waals surface area contributed by atoms with Crippen LogP contribution in [0.4, 0.5) is 10.3 Å². The number of halogens is 1. The van der Waals surface area contributed by atoms with Gasteiger partial charge in [-0.1, -0.05) is 26.0 Å². The maximum atomic E-state index is 13.2. The fourth-order valence-corrected chi connectivity index (χ4v) is 4.02. The zero-order valence-corrected chi connectivity index (χ0v) is 16.4. The summed E-state index contributed by atoms with van der Waals surface area (Å²) in [5.74, 6) is 3.60. The highest BCUT2D eigenvalue weighted by atomic mass is 19.1. The highest BCUT2D eigenvalue weighted by molar-refractivity contribution is 5.35. The molecule has 0 N–H and O–H groups in total. The third-order valence-corrected chi connectivity index (χ3v) is 6.17. The third-order valence-electron chi connectivity index (χ3n) is 6.17. The first kappa shape index (κ1) is 18.4. The molecule has 1 aromatic carbocycles. The molecule has 1 aliphatic heterocycles. The molecule has 0 bridgehead atoms. The number of nitrogens with zero attached hydrogens (tertiary/aromatic N) is 4. The molecule has 3 atom stereocenters. The van der Waals surface area contributed by atoms with Crippen LogP contribution >= 0.6 is 0 Å². The smallest absolute Gasteiger partial charge is 0.227 e. The topological polar surface area (TPSA) is 43.2 Å². The van der Waals surface area contributed by atoms with Crippen molar-refractivity contribution in [2.24, 2.45) is 17.8 Å². The minimum absolute atomic E-state index is 0.198. The summed E-state index contributed by atoms with van der Waals surface area (Å²) in [5, 5.41) is 9.07. The van der Waals surface area contributed by atoms with E-state index in [0.717, 1.165) is 37.0 Å². The summed E-state index contributed by atoms with van der Waals surface area (Å²) in [7, 11) is 1.80. The van der Waals surface area contributed by atoms with Crippen molar-refractivity contribution in [3.63, 3.8) is 0 Å². The normalized spacial score (nSPS) is 23.8. The quantitative estimate of drug-likeness (QED) is 0.746. The van der Waals surface area contributed by atoms with Crippen LogP contribution in [0.15, 0.2) is 24.3 Å². The number of ether oxygens (including phenoxy) is 1. The van der Waals surface area contributed by atoms with Gasteiger partial charge in [-0.05, 0) is 48.3 Å². The van der Waals surface area contributed by atoms with Gasteiger partial charge in [-0.3, -0.25) is 4.57 Å². The largest absolute Gasteiger partial charge is 0.379 e. The lowest BCUT2D eigenvalue weighted by Gasteiger charge is -2.22. The molecule has 0 spiro atoms. The lowest BCUT2D eigenvalue weighted by atomic mass is 10.0. The first-order chi connectivity index (χ1) is 13.0. The molecule has 2 heterocycles. The van der Waals surface area contributed by atoms with Gasteiger partial charge in [0.1, 0.15) is 11.6 Å². The molecule has 5 nitrogen and oxygen atoms in total.